The molecule has 22 heavy (non-hydrogen) atoms. The van der Waals surface area contributed by atoms with Gasteiger partial charge in [0.25, 0.3) is 5.91 Å². The summed E-state index contributed by atoms with van der Waals surface area (Å²) in [6.45, 7) is 0. The van der Waals surface area contributed by atoms with E-state index in [2.05, 4.69) is 20.1 Å². The van der Waals surface area contributed by atoms with Crippen LogP contribution in [0, 0.1) is 0 Å². The molecular weight excluding hydrogens is 294 g/mol. The number of aliphatic hydroxyl groups excluding tert-OH is 1. The molecular formula is C12H13N5O5. The molecule has 3 N–H and O–H groups in total. The minimum atomic E-state index is -1.65. The lowest BCUT2D eigenvalue weighted by Crippen LogP contribution is -2.43. The number of nitrogens with zero attached hydrogens (tertiary/aromatic N) is 4. The molecule has 1 aromatic heterocycles. The number of rotatable bonds is 8. The highest BCUT2D eigenvalue weighted by atomic mass is 16.4. The first-order chi connectivity index (χ1) is 10.5. The van der Waals surface area contributed by atoms with Crippen molar-refractivity contribution in [1.29, 1.82) is 0 Å². The molecule has 0 aliphatic heterocycles. The average Bonchev–Trinajstić information content (AvgIpc) is 2.51. The maximum Gasteiger partial charge on any atom is 0.326 e. The van der Waals surface area contributed by atoms with E-state index in [0.29, 0.717) is 6.21 Å². The predicted molar refractivity (Wildman–Crippen MR) is 70.5 cm³/mol. The lowest BCUT2D eigenvalue weighted by atomic mass is 10.1. The summed E-state index contributed by atoms with van der Waals surface area (Å²) in [7, 11) is 0. The molecule has 0 aliphatic carbocycles. The number of carboxylic acids is 1. The molecule has 0 saturated carbocycles. The smallest absolute Gasteiger partial charge is 0.326 e. The van der Waals surface area contributed by atoms with E-state index in [1.807, 2.05) is 0 Å². The van der Waals surface area contributed by atoms with Crippen molar-refractivity contribution >= 4 is 23.9 Å². The van der Waals surface area contributed by atoms with Crippen LogP contribution >= 0.6 is 0 Å². The van der Waals surface area contributed by atoms with Crippen molar-refractivity contribution in [1.82, 2.24) is 15.3 Å². The van der Waals surface area contributed by atoms with Crippen molar-refractivity contribution in [3.05, 3.63) is 29.8 Å². The zero-order valence-electron chi connectivity index (χ0n) is 11.3. The van der Waals surface area contributed by atoms with E-state index in [0.717, 1.165) is 6.33 Å². The summed E-state index contributed by atoms with van der Waals surface area (Å²) < 4.78 is 0. The van der Waals surface area contributed by atoms with Gasteiger partial charge in [-0.1, -0.05) is 0 Å². The van der Waals surface area contributed by atoms with Gasteiger partial charge in [-0.25, -0.2) is 14.8 Å². The third-order valence-corrected chi connectivity index (χ3v) is 2.63. The highest BCUT2D eigenvalue weighted by Crippen LogP contribution is 2.09. The van der Waals surface area contributed by atoms with Gasteiger partial charge in [0.1, 0.15) is 12.4 Å². The van der Waals surface area contributed by atoms with Crippen LogP contribution in [-0.4, -0.2) is 54.9 Å². The Labute approximate surface area is 124 Å². The van der Waals surface area contributed by atoms with Gasteiger partial charge < -0.3 is 21.1 Å². The molecule has 1 rings (SSSR count). The average molecular weight is 307 g/mol. The Bertz CT molecular complexity index is 599. The normalized spacial score (nSPS) is 12.6. The maximum absolute atomic E-state index is 11.8. The first-order valence-corrected chi connectivity index (χ1v) is 6.13. The minimum Gasteiger partial charge on any atom is -0.480 e. The van der Waals surface area contributed by atoms with Gasteiger partial charge in [0.15, 0.2) is 6.10 Å². The van der Waals surface area contributed by atoms with Gasteiger partial charge in [0.2, 0.25) is 5.78 Å². The Kier molecular flexibility index (Phi) is 6.48. The number of aliphatic carboxylic acids is 1. The number of aliphatic hydroxyl groups is 1. The standard InChI is InChI=1S/C12H13N5O5/c13-16-5-7(18)1-2-9(12(21)22)17-11(20)10(19)8-3-4-14-6-15-8/h3-6,9-10,19H,1-2H2,(H,17,20)(H,21,22). The van der Waals surface area contributed by atoms with Crippen molar-refractivity contribution in [2.75, 3.05) is 0 Å². The SMILES string of the molecule is [N-]=[N+]=CC(=O)CCC(NC(=O)C(O)c1ccncn1)C(=O)O. The van der Waals surface area contributed by atoms with Gasteiger partial charge in [-0.05, 0) is 12.5 Å². The Morgan fingerprint density at radius 2 is 2.18 bits per heavy atom. The minimum absolute atomic E-state index is 0.0140. The lowest BCUT2D eigenvalue weighted by molar-refractivity contribution is -0.143. The molecule has 10 heteroatoms. The Balaban J connectivity index is 2.66. The van der Waals surface area contributed by atoms with Crippen molar-refractivity contribution in [2.24, 2.45) is 0 Å². The van der Waals surface area contributed by atoms with Crippen LogP contribution < -0.4 is 5.32 Å². The lowest BCUT2D eigenvalue weighted by Gasteiger charge is -2.16. The molecule has 0 aliphatic rings. The molecule has 0 saturated heterocycles. The first-order valence-electron chi connectivity index (χ1n) is 6.13. The van der Waals surface area contributed by atoms with E-state index < -0.39 is 29.8 Å². The van der Waals surface area contributed by atoms with E-state index in [1.54, 1.807) is 0 Å². The number of carbonyl (C=O) groups is 3. The van der Waals surface area contributed by atoms with Crippen LogP contribution in [0.1, 0.15) is 24.6 Å². The molecule has 10 nitrogen and oxygen atoms in total. The summed E-state index contributed by atoms with van der Waals surface area (Å²) >= 11 is 0. The predicted octanol–water partition coefficient (Wildman–Crippen LogP) is -1.27. The van der Waals surface area contributed by atoms with Gasteiger partial charge in [-0.15, -0.1) is 0 Å². The molecule has 1 heterocycles. The van der Waals surface area contributed by atoms with Crippen molar-refractivity contribution in [3.8, 4) is 0 Å². The van der Waals surface area contributed by atoms with Crippen molar-refractivity contribution in [2.45, 2.75) is 25.0 Å². The van der Waals surface area contributed by atoms with E-state index in [1.165, 1.54) is 12.3 Å². The van der Waals surface area contributed by atoms with Crippen molar-refractivity contribution in [3.63, 3.8) is 0 Å². The molecule has 2 unspecified atom stereocenters. The van der Waals surface area contributed by atoms with Crippen LogP contribution in [0.2, 0.25) is 0 Å². The summed E-state index contributed by atoms with van der Waals surface area (Å²) in [5.41, 5.74) is 8.19. The number of hydrogen-bond acceptors (Lipinski definition) is 6. The number of aromatic nitrogens is 2. The van der Waals surface area contributed by atoms with Crippen molar-refractivity contribution < 1.29 is 29.4 Å². The van der Waals surface area contributed by atoms with E-state index in [9.17, 15) is 19.5 Å². The number of nitrogens with one attached hydrogen (secondary N) is 1. The summed E-state index contributed by atoms with van der Waals surface area (Å²) in [6, 6.07) is -0.0682. The highest BCUT2D eigenvalue weighted by molar-refractivity contribution is 6.25. The monoisotopic (exact) mass is 307 g/mol. The van der Waals surface area contributed by atoms with Gasteiger partial charge in [0, 0.05) is 12.6 Å². The third-order valence-electron chi connectivity index (χ3n) is 2.63. The largest absolute Gasteiger partial charge is 0.480 e. The highest BCUT2D eigenvalue weighted by Gasteiger charge is 2.26. The summed E-state index contributed by atoms with van der Waals surface area (Å²) in [5, 5.41) is 20.9. The second-order valence-corrected chi connectivity index (χ2v) is 4.19. The Morgan fingerprint density at radius 1 is 1.45 bits per heavy atom. The molecule has 1 amide bonds. The fraction of sp³-hybridized carbons (Fsp3) is 0.333. The fourth-order valence-electron chi connectivity index (χ4n) is 1.52. The van der Waals surface area contributed by atoms with Crippen LogP contribution in [0.25, 0.3) is 5.53 Å². The van der Waals surface area contributed by atoms with Crippen LogP contribution in [0.4, 0.5) is 0 Å². The van der Waals surface area contributed by atoms with Crippen LogP contribution in [0.5, 0.6) is 0 Å². The van der Waals surface area contributed by atoms with Crippen LogP contribution in [0.3, 0.4) is 0 Å². The van der Waals surface area contributed by atoms with Crippen LogP contribution in [0.15, 0.2) is 18.6 Å². The van der Waals surface area contributed by atoms with E-state index in [4.69, 9.17) is 10.6 Å². The Morgan fingerprint density at radius 3 is 2.73 bits per heavy atom. The summed E-state index contributed by atoms with van der Waals surface area (Å²) in [5.74, 6) is -2.93. The number of Topliss-reactive ketones (excluding diaryl/α,β-unsaturated/α-hetero) is 1. The van der Waals surface area contributed by atoms with E-state index >= 15 is 0 Å². The number of ketones is 1. The molecule has 0 aromatic carbocycles. The van der Waals surface area contributed by atoms with E-state index in [-0.39, 0.29) is 18.5 Å². The summed E-state index contributed by atoms with van der Waals surface area (Å²) in [4.78, 5) is 43.8. The first kappa shape index (κ1) is 17.1. The van der Waals surface area contributed by atoms with Gasteiger partial charge in [-0.3, -0.25) is 9.59 Å². The number of amides is 1. The molecule has 0 radical (unpaired) electrons. The molecule has 0 bridgehead atoms. The second-order valence-electron chi connectivity index (χ2n) is 4.19. The quantitative estimate of drug-likeness (QED) is 0.306. The number of carbonyl (C=O) groups excluding carboxylic acids is 2. The van der Waals surface area contributed by atoms with Gasteiger partial charge >= 0.3 is 12.2 Å². The Hall–Kier alpha value is -2.97. The molecule has 116 valence electrons. The molecule has 0 fully saturated rings. The second kappa shape index (κ2) is 8.35. The molecule has 1 aromatic rings. The number of carboxylic acid groups (broad SMARTS) is 1. The summed E-state index contributed by atoms with van der Waals surface area (Å²) in [6.07, 6.45) is 0.969. The maximum atomic E-state index is 11.8. The topological polar surface area (TPSA) is 166 Å². The number of hydrogen-bond donors (Lipinski definition) is 3. The van der Waals surface area contributed by atoms with Crippen LogP contribution in [-0.2, 0) is 14.4 Å². The zero-order chi connectivity index (χ0) is 16.5. The van der Waals surface area contributed by atoms with Gasteiger partial charge in [-0.2, -0.15) is 4.79 Å². The zero-order valence-corrected chi connectivity index (χ0v) is 11.3. The fourth-order valence-corrected chi connectivity index (χ4v) is 1.52. The molecule has 0 spiro atoms. The third kappa shape index (κ3) is 5.19. The van der Waals surface area contributed by atoms with Gasteiger partial charge in [0.05, 0.1) is 5.69 Å². The molecule has 2 atom stereocenters.